The van der Waals surface area contributed by atoms with Crippen molar-refractivity contribution in [1.82, 2.24) is 0 Å². The Morgan fingerprint density at radius 3 is 2.39 bits per heavy atom. The van der Waals surface area contributed by atoms with E-state index in [0.717, 1.165) is 0 Å². The van der Waals surface area contributed by atoms with Gasteiger partial charge in [0.05, 0.1) is 12.8 Å². The second kappa shape index (κ2) is 6.07. The van der Waals surface area contributed by atoms with Gasteiger partial charge in [-0.15, -0.1) is 0 Å². The summed E-state index contributed by atoms with van der Waals surface area (Å²) < 4.78 is 42.5. The van der Waals surface area contributed by atoms with Gasteiger partial charge in [-0.3, -0.25) is 0 Å². The van der Waals surface area contributed by atoms with Crippen LogP contribution in [-0.2, 0) is 0 Å². The number of benzene rings is 1. The zero-order chi connectivity index (χ0) is 13.6. The molecule has 0 unspecified atom stereocenters. The van der Waals surface area contributed by atoms with Crippen molar-refractivity contribution in [3.63, 3.8) is 0 Å². The Labute approximate surface area is 102 Å². The molecule has 96 valence electrons. The third-order valence-corrected chi connectivity index (χ3v) is 1.87. The average Bonchev–Trinajstić information content (AvgIpc) is 2.34. The molecule has 0 aromatic heterocycles. The lowest BCUT2D eigenvalue weighted by Crippen LogP contribution is -2.21. The smallest absolute Gasteiger partial charge is 0.441 e. The average molecular weight is 257 g/mol. The first kappa shape index (κ1) is 14.1. The van der Waals surface area contributed by atoms with E-state index in [-0.39, 0.29) is 5.69 Å². The van der Waals surface area contributed by atoms with Crippen molar-refractivity contribution < 1.29 is 23.0 Å². The topological polar surface area (TPSA) is 41.8 Å². The summed E-state index contributed by atoms with van der Waals surface area (Å²) in [5.41, 5.74) is -1.14. The summed E-state index contributed by atoms with van der Waals surface area (Å²) >= 11 is 0. The van der Waals surface area contributed by atoms with Crippen molar-refractivity contribution in [3.05, 3.63) is 24.3 Å². The molecule has 0 heterocycles. The van der Waals surface area contributed by atoms with Crippen LogP contribution in [-0.4, -0.2) is 30.7 Å². The molecule has 1 aromatic carbocycles. The van der Waals surface area contributed by atoms with E-state index in [9.17, 15) is 13.2 Å². The van der Waals surface area contributed by atoms with Crippen LogP contribution in [0.5, 0.6) is 5.75 Å². The summed E-state index contributed by atoms with van der Waals surface area (Å²) in [7, 11) is 1.45. The Morgan fingerprint density at radius 1 is 1.33 bits per heavy atom. The maximum absolute atomic E-state index is 12.5. The van der Waals surface area contributed by atoms with Gasteiger partial charge in [0.25, 0.3) is 0 Å². The zero-order valence-corrected chi connectivity index (χ0v) is 9.45. The first-order chi connectivity index (χ1) is 8.47. The molecule has 0 atom stereocenters. The van der Waals surface area contributed by atoms with E-state index >= 15 is 0 Å². The minimum Gasteiger partial charge on any atom is -0.497 e. The molecule has 18 heavy (non-hydrogen) atoms. The van der Waals surface area contributed by atoms with Crippen LogP contribution < -0.4 is 4.74 Å². The van der Waals surface area contributed by atoms with Crippen LogP contribution in [0, 0.1) is 11.8 Å². The fraction of sp³-hybridized carbons (Fsp3) is 0.250. The predicted octanol–water partition coefficient (Wildman–Crippen LogP) is 2.33. The van der Waals surface area contributed by atoms with Gasteiger partial charge in [0.1, 0.15) is 12.4 Å². The van der Waals surface area contributed by atoms with E-state index in [1.54, 1.807) is 5.92 Å². The molecule has 0 radical (unpaired) electrons. The second-order valence-corrected chi connectivity index (χ2v) is 3.12. The van der Waals surface area contributed by atoms with E-state index in [1.807, 2.05) is 5.92 Å². The van der Waals surface area contributed by atoms with E-state index in [1.165, 1.54) is 31.4 Å². The van der Waals surface area contributed by atoms with Gasteiger partial charge in [0.15, 0.2) is 5.71 Å². The van der Waals surface area contributed by atoms with Gasteiger partial charge in [0.2, 0.25) is 0 Å². The second-order valence-electron chi connectivity index (χ2n) is 3.12. The Kier molecular flexibility index (Phi) is 4.75. The number of hydrogen-bond donors (Lipinski definition) is 1. The highest BCUT2D eigenvalue weighted by Gasteiger charge is 2.34. The minimum absolute atomic E-state index is 0.107. The normalized spacial score (nSPS) is 11.7. The standard InChI is InChI=1S/C12H10F3NO2/c1-18-10-6-4-9(5-7-10)16-11(3-2-8-17)12(13,14)15/h4-7,17H,8H2,1H3. The summed E-state index contributed by atoms with van der Waals surface area (Å²) in [6.07, 6.45) is -4.65. The van der Waals surface area contributed by atoms with E-state index < -0.39 is 18.5 Å². The Morgan fingerprint density at radius 2 is 1.94 bits per heavy atom. The van der Waals surface area contributed by atoms with Gasteiger partial charge in [-0.2, -0.15) is 13.2 Å². The third-order valence-electron chi connectivity index (χ3n) is 1.87. The number of methoxy groups -OCH3 is 1. The molecular weight excluding hydrogens is 247 g/mol. The maximum atomic E-state index is 12.5. The highest BCUT2D eigenvalue weighted by molar-refractivity contribution is 6.05. The molecule has 0 saturated heterocycles. The first-order valence-electron chi connectivity index (χ1n) is 4.87. The lowest BCUT2D eigenvalue weighted by molar-refractivity contribution is -0.0571. The van der Waals surface area contributed by atoms with Crippen LogP contribution in [0.25, 0.3) is 0 Å². The van der Waals surface area contributed by atoms with Crippen LogP contribution in [0.1, 0.15) is 0 Å². The summed E-state index contributed by atoms with van der Waals surface area (Å²) in [6.45, 7) is -0.655. The van der Waals surface area contributed by atoms with Gasteiger partial charge < -0.3 is 9.84 Å². The fourth-order valence-corrected chi connectivity index (χ4v) is 1.07. The number of aliphatic hydroxyl groups is 1. The molecule has 1 rings (SSSR count). The zero-order valence-electron chi connectivity index (χ0n) is 9.45. The van der Waals surface area contributed by atoms with Crippen molar-refractivity contribution in [2.24, 2.45) is 4.99 Å². The molecule has 0 bridgehead atoms. The van der Waals surface area contributed by atoms with Crippen molar-refractivity contribution in [1.29, 1.82) is 0 Å². The summed E-state index contributed by atoms with van der Waals surface area (Å²) in [5.74, 6) is 4.23. The number of aliphatic imine (C=N–C) groups is 1. The highest BCUT2D eigenvalue weighted by Crippen LogP contribution is 2.23. The number of hydrogen-bond acceptors (Lipinski definition) is 3. The number of alkyl halides is 3. The SMILES string of the molecule is COc1ccc(N=C(C#CCO)C(F)(F)F)cc1. The van der Waals surface area contributed by atoms with Gasteiger partial charge in [-0.05, 0) is 30.2 Å². The monoisotopic (exact) mass is 257 g/mol. The van der Waals surface area contributed by atoms with Crippen LogP contribution in [0.2, 0.25) is 0 Å². The molecule has 1 aromatic rings. The summed E-state index contributed by atoms with van der Waals surface area (Å²) in [5, 5.41) is 8.40. The number of halogens is 3. The molecule has 0 aliphatic rings. The Balaban J connectivity index is 3.07. The first-order valence-corrected chi connectivity index (χ1v) is 4.87. The van der Waals surface area contributed by atoms with E-state index in [2.05, 4.69) is 4.99 Å². The third kappa shape index (κ3) is 4.11. The largest absolute Gasteiger partial charge is 0.497 e. The van der Waals surface area contributed by atoms with Crippen molar-refractivity contribution in [3.8, 4) is 17.6 Å². The van der Waals surface area contributed by atoms with Crippen LogP contribution in [0.4, 0.5) is 18.9 Å². The van der Waals surface area contributed by atoms with Crippen LogP contribution >= 0.6 is 0 Å². The predicted molar refractivity (Wildman–Crippen MR) is 61.0 cm³/mol. The molecule has 0 amide bonds. The molecule has 3 nitrogen and oxygen atoms in total. The van der Waals surface area contributed by atoms with E-state index in [0.29, 0.717) is 5.75 Å². The van der Waals surface area contributed by atoms with Gasteiger partial charge in [-0.25, -0.2) is 4.99 Å². The van der Waals surface area contributed by atoms with Crippen molar-refractivity contribution in [2.45, 2.75) is 6.18 Å². The van der Waals surface area contributed by atoms with Crippen LogP contribution in [0.15, 0.2) is 29.3 Å². The molecule has 0 aliphatic carbocycles. The number of ether oxygens (including phenoxy) is 1. The maximum Gasteiger partial charge on any atom is 0.441 e. The van der Waals surface area contributed by atoms with Crippen LogP contribution in [0.3, 0.4) is 0 Å². The number of nitrogens with zero attached hydrogens (tertiary/aromatic N) is 1. The fourth-order valence-electron chi connectivity index (χ4n) is 1.07. The number of rotatable bonds is 2. The molecule has 0 spiro atoms. The summed E-state index contributed by atoms with van der Waals surface area (Å²) in [4.78, 5) is 3.39. The van der Waals surface area contributed by atoms with Crippen molar-refractivity contribution >= 4 is 11.4 Å². The molecule has 1 N–H and O–H groups in total. The highest BCUT2D eigenvalue weighted by atomic mass is 19.4. The molecular formula is C12H10F3NO2. The Hall–Kier alpha value is -2.00. The van der Waals surface area contributed by atoms with Gasteiger partial charge in [-0.1, -0.05) is 5.92 Å². The quantitative estimate of drug-likeness (QED) is 0.652. The summed E-state index contributed by atoms with van der Waals surface area (Å²) in [6, 6.07) is 5.75. The minimum atomic E-state index is -4.65. The molecule has 6 heteroatoms. The van der Waals surface area contributed by atoms with Crippen molar-refractivity contribution in [2.75, 3.05) is 13.7 Å². The molecule has 0 fully saturated rings. The lowest BCUT2D eigenvalue weighted by atomic mass is 10.3. The molecule has 0 aliphatic heterocycles. The van der Waals surface area contributed by atoms with Gasteiger partial charge in [0, 0.05) is 0 Å². The van der Waals surface area contributed by atoms with Gasteiger partial charge >= 0.3 is 6.18 Å². The number of aliphatic hydroxyl groups excluding tert-OH is 1. The Bertz CT molecular complexity index is 481. The lowest BCUT2D eigenvalue weighted by Gasteiger charge is -2.05. The van der Waals surface area contributed by atoms with E-state index in [4.69, 9.17) is 9.84 Å². The molecule has 0 saturated carbocycles.